The monoisotopic (exact) mass is 371 g/mol. The summed E-state index contributed by atoms with van der Waals surface area (Å²) in [6.07, 6.45) is 0. The van der Waals surface area contributed by atoms with Gasteiger partial charge in [-0.15, -0.1) is 0 Å². The molecule has 2 aromatic rings. The second-order valence-electron chi connectivity index (χ2n) is 5.60. The molecule has 26 heavy (non-hydrogen) atoms. The van der Waals surface area contributed by atoms with E-state index in [1.807, 2.05) is 19.1 Å². The predicted octanol–water partition coefficient (Wildman–Crippen LogP) is 2.50. The average Bonchev–Trinajstić information content (AvgIpc) is 2.62. The van der Waals surface area contributed by atoms with E-state index in [1.165, 1.54) is 0 Å². The Morgan fingerprint density at radius 3 is 2.15 bits per heavy atom. The van der Waals surface area contributed by atoms with Crippen LogP contribution in [0.2, 0.25) is 0 Å². The van der Waals surface area contributed by atoms with Gasteiger partial charge in [0.2, 0.25) is 0 Å². The zero-order valence-electron chi connectivity index (χ0n) is 14.7. The second-order valence-corrected chi connectivity index (χ2v) is 6.01. The molecule has 0 saturated heterocycles. The van der Waals surface area contributed by atoms with E-state index in [9.17, 15) is 9.59 Å². The normalized spacial score (nSPS) is 10.1. The average molecular weight is 371 g/mol. The van der Waals surface area contributed by atoms with Gasteiger partial charge in [0.15, 0.2) is 5.11 Å². The van der Waals surface area contributed by atoms with Crippen LogP contribution >= 0.6 is 12.2 Å². The van der Waals surface area contributed by atoms with Crippen molar-refractivity contribution in [1.29, 1.82) is 0 Å². The fourth-order valence-corrected chi connectivity index (χ4v) is 2.33. The van der Waals surface area contributed by atoms with E-state index in [1.54, 1.807) is 43.5 Å². The molecule has 0 aromatic heterocycles. The van der Waals surface area contributed by atoms with Crippen molar-refractivity contribution in [3.63, 3.8) is 0 Å². The topological polar surface area (TPSA) is 79.5 Å². The first-order valence-corrected chi connectivity index (χ1v) is 8.46. The third-order valence-corrected chi connectivity index (χ3v) is 3.74. The van der Waals surface area contributed by atoms with Crippen LogP contribution in [0, 0.1) is 6.92 Å². The summed E-state index contributed by atoms with van der Waals surface area (Å²) in [6.45, 7) is 2.86. The highest BCUT2D eigenvalue weighted by molar-refractivity contribution is 7.80. The number of hydrogen-bond acceptors (Lipinski definition) is 4. The summed E-state index contributed by atoms with van der Waals surface area (Å²) in [4.78, 5) is 24.0. The fraction of sp³-hybridized carbons (Fsp3) is 0.211. The SMILES string of the molecule is COCCNC(=O)c1ccc(NC(=S)NC(=O)c2ccc(C)cc2)cc1. The first-order valence-electron chi connectivity index (χ1n) is 8.06. The van der Waals surface area contributed by atoms with Crippen LogP contribution in [0.3, 0.4) is 0 Å². The quantitative estimate of drug-likeness (QED) is 0.537. The number of rotatable bonds is 6. The number of ether oxygens (including phenoxy) is 1. The highest BCUT2D eigenvalue weighted by Crippen LogP contribution is 2.10. The molecular weight excluding hydrogens is 350 g/mol. The van der Waals surface area contributed by atoms with Crippen molar-refractivity contribution >= 4 is 34.8 Å². The number of benzene rings is 2. The lowest BCUT2D eigenvalue weighted by atomic mass is 10.1. The van der Waals surface area contributed by atoms with Gasteiger partial charge in [0.1, 0.15) is 0 Å². The summed E-state index contributed by atoms with van der Waals surface area (Å²) in [5.41, 5.74) is 2.81. The molecular formula is C19H21N3O3S. The minimum atomic E-state index is -0.281. The van der Waals surface area contributed by atoms with Gasteiger partial charge in [0.05, 0.1) is 6.61 Å². The van der Waals surface area contributed by atoms with Gasteiger partial charge in [0.25, 0.3) is 11.8 Å². The van der Waals surface area contributed by atoms with Gasteiger partial charge in [0, 0.05) is 30.5 Å². The maximum atomic E-state index is 12.1. The Morgan fingerprint density at radius 2 is 1.54 bits per heavy atom. The number of amides is 2. The number of carbonyl (C=O) groups excluding carboxylic acids is 2. The van der Waals surface area contributed by atoms with E-state index < -0.39 is 0 Å². The van der Waals surface area contributed by atoms with Crippen molar-refractivity contribution in [2.24, 2.45) is 0 Å². The molecule has 3 N–H and O–H groups in total. The van der Waals surface area contributed by atoms with Gasteiger partial charge >= 0.3 is 0 Å². The molecule has 2 rings (SSSR count). The second kappa shape index (κ2) is 9.65. The minimum absolute atomic E-state index is 0.177. The maximum Gasteiger partial charge on any atom is 0.257 e. The molecule has 2 aromatic carbocycles. The molecule has 0 aliphatic carbocycles. The smallest absolute Gasteiger partial charge is 0.257 e. The number of aryl methyl sites for hydroxylation is 1. The van der Waals surface area contributed by atoms with Crippen molar-refractivity contribution < 1.29 is 14.3 Å². The largest absolute Gasteiger partial charge is 0.383 e. The summed E-state index contributed by atoms with van der Waals surface area (Å²) < 4.78 is 4.89. The Labute approximate surface area is 157 Å². The molecule has 0 aliphatic rings. The van der Waals surface area contributed by atoms with E-state index in [2.05, 4.69) is 16.0 Å². The Bertz CT molecular complexity index is 774. The molecule has 136 valence electrons. The Morgan fingerprint density at radius 1 is 0.962 bits per heavy atom. The van der Waals surface area contributed by atoms with E-state index in [0.717, 1.165) is 5.56 Å². The van der Waals surface area contributed by atoms with Crippen LogP contribution in [0.5, 0.6) is 0 Å². The molecule has 0 radical (unpaired) electrons. The molecule has 0 heterocycles. The van der Waals surface area contributed by atoms with Crippen molar-refractivity contribution in [3.8, 4) is 0 Å². The fourth-order valence-electron chi connectivity index (χ4n) is 2.12. The third-order valence-electron chi connectivity index (χ3n) is 3.54. The number of hydrogen-bond donors (Lipinski definition) is 3. The lowest BCUT2D eigenvalue weighted by Gasteiger charge is -2.10. The van der Waals surface area contributed by atoms with Crippen molar-refractivity contribution in [2.75, 3.05) is 25.6 Å². The summed E-state index contributed by atoms with van der Waals surface area (Å²) in [7, 11) is 1.58. The zero-order valence-corrected chi connectivity index (χ0v) is 15.5. The number of thiocarbonyl (C=S) groups is 1. The van der Waals surface area contributed by atoms with Gasteiger partial charge < -0.3 is 15.4 Å². The van der Waals surface area contributed by atoms with Gasteiger partial charge in [-0.2, -0.15) is 0 Å². The van der Waals surface area contributed by atoms with Crippen molar-refractivity contribution in [3.05, 3.63) is 65.2 Å². The standard InChI is InChI=1S/C19H21N3O3S/c1-13-3-5-15(6-4-13)18(24)22-19(26)21-16-9-7-14(8-10-16)17(23)20-11-12-25-2/h3-10H,11-12H2,1-2H3,(H,20,23)(H2,21,22,24,26). The van der Waals surface area contributed by atoms with Crippen LogP contribution in [-0.2, 0) is 4.74 Å². The lowest BCUT2D eigenvalue weighted by molar-refractivity contribution is 0.0935. The molecule has 0 fully saturated rings. The molecule has 7 heteroatoms. The van der Waals surface area contributed by atoms with Crippen molar-refractivity contribution in [2.45, 2.75) is 6.92 Å². The number of anilines is 1. The minimum Gasteiger partial charge on any atom is -0.383 e. The van der Waals surface area contributed by atoms with Crippen LogP contribution in [0.4, 0.5) is 5.69 Å². The molecule has 0 saturated carbocycles. The van der Waals surface area contributed by atoms with Crippen LogP contribution < -0.4 is 16.0 Å². The number of methoxy groups -OCH3 is 1. The van der Waals surface area contributed by atoms with Crippen LogP contribution in [0.15, 0.2) is 48.5 Å². The molecule has 0 bridgehead atoms. The predicted molar refractivity (Wildman–Crippen MR) is 106 cm³/mol. The highest BCUT2D eigenvalue weighted by Gasteiger charge is 2.08. The Hall–Kier alpha value is -2.77. The summed E-state index contributed by atoms with van der Waals surface area (Å²) >= 11 is 5.16. The summed E-state index contributed by atoms with van der Waals surface area (Å²) in [5, 5.41) is 8.47. The van der Waals surface area contributed by atoms with E-state index in [-0.39, 0.29) is 16.9 Å². The maximum absolute atomic E-state index is 12.1. The van der Waals surface area contributed by atoms with Gasteiger partial charge in [-0.1, -0.05) is 17.7 Å². The van der Waals surface area contributed by atoms with E-state index in [4.69, 9.17) is 17.0 Å². The molecule has 0 atom stereocenters. The lowest BCUT2D eigenvalue weighted by Crippen LogP contribution is -2.34. The van der Waals surface area contributed by atoms with Crippen molar-refractivity contribution in [1.82, 2.24) is 10.6 Å². The van der Waals surface area contributed by atoms with E-state index >= 15 is 0 Å². The number of carbonyl (C=O) groups is 2. The molecule has 2 amide bonds. The van der Waals surface area contributed by atoms with Crippen LogP contribution in [-0.4, -0.2) is 37.2 Å². The Balaban J connectivity index is 1.87. The van der Waals surface area contributed by atoms with Gasteiger partial charge in [-0.3, -0.25) is 14.9 Å². The molecule has 0 aliphatic heterocycles. The van der Waals surface area contributed by atoms with Gasteiger partial charge in [-0.05, 0) is 55.5 Å². The Kier molecular flexibility index (Phi) is 7.25. The third kappa shape index (κ3) is 5.94. The highest BCUT2D eigenvalue weighted by atomic mass is 32.1. The van der Waals surface area contributed by atoms with Crippen LogP contribution in [0.1, 0.15) is 26.3 Å². The first-order chi connectivity index (χ1) is 12.5. The summed E-state index contributed by atoms with van der Waals surface area (Å²) in [6, 6.07) is 14.0. The molecule has 0 unspecified atom stereocenters. The first kappa shape index (κ1) is 19.6. The molecule has 6 nitrogen and oxygen atoms in total. The molecule has 0 spiro atoms. The zero-order chi connectivity index (χ0) is 18.9. The number of nitrogens with one attached hydrogen (secondary N) is 3. The van der Waals surface area contributed by atoms with Crippen LogP contribution in [0.25, 0.3) is 0 Å². The summed E-state index contributed by atoms with van der Waals surface area (Å²) in [5.74, 6) is -0.458. The van der Waals surface area contributed by atoms with Gasteiger partial charge in [-0.25, -0.2) is 0 Å². The van der Waals surface area contributed by atoms with E-state index in [0.29, 0.717) is 30.0 Å².